The Bertz CT molecular complexity index is 310. The molecule has 0 spiro atoms. The number of hydrogen-bond acceptors (Lipinski definition) is 4. The summed E-state index contributed by atoms with van der Waals surface area (Å²) in [7, 11) is 0. The van der Waals surface area contributed by atoms with Gasteiger partial charge in [0.25, 0.3) is 0 Å². The SMILES string of the molecule is CCN(CC)c1nc(C(=O)CCl)cs1. The highest BCUT2D eigenvalue weighted by atomic mass is 35.5. The van der Waals surface area contributed by atoms with Crippen LogP contribution in [0.3, 0.4) is 0 Å². The summed E-state index contributed by atoms with van der Waals surface area (Å²) in [5.41, 5.74) is 0.479. The topological polar surface area (TPSA) is 33.2 Å². The Hall–Kier alpha value is -0.610. The van der Waals surface area contributed by atoms with Crippen LogP contribution in [0.15, 0.2) is 5.38 Å². The summed E-state index contributed by atoms with van der Waals surface area (Å²) < 4.78 is 0. The van der Waals surface area contributed by atoms with Crippen molar-refractivity contribution < 1.29 is 4.79 Å². The summed E-state index contributed by atoms with van der Waals surface area (Å²) in [6.07, 6.45) is 0. The highest BCUT2D eigenvalue weighted by Crippen LogP contribution is 2.20. The Balaban J connectivity index is 2.81. The van der Waals surface area contributed by atoms with Crippen molar-refractivity contribution in [1.29, 1.82) is 0 Å². The van der Waals surface area contributed by atoms with E-state index in [-0.39, 0.29) is 11.7 Å². The summed E-state index contributed by atoms with van der Waals surface area (Å²) in [6.45, 7) is 5.93. The van der Waals surface area contributed by atoms with Crippen molar-refractivity contribution in [1.82, 2.24) is 4.98 Å². The van der Waals surface area contributed by atoms with Gasteiger partial charge in [0.1, 0.15) is 5.69 Å². The number of Topliss-reactive ketones (excluding diaryl/α,β-unsaturated/α-hetero) is 1. The van der Waals surface area contributed by atoms with Gasteiger partial charge in [-0.3, -0.25) is 4.79 Å². The number of carbonyl (C=O) groups is 1. The molecule has 1 rings (SSSR count). The average Bonchev–Trinajstić information content (AvgIpc) is 2.68. The van der Waals surface area contributed by atoms with Crippen molar-refractivity contribution in [2.75, 3.05) is 23.9 Å². The molecule has 0 aromatic carbocycles. The minimum absolute atomic E-state index is 0.00141. The maximum Gasteiger partial charge on any atom is 0.196 e. The maximum atomic E-state index is 11.2. The lowest BCUT2D eigenvalue weighted by Crippen LogP contribution is -2.21. The molecule has 14 heavy (non-hydrogen) atoms. The van der Waals surface area contributed by atoms with Gasteiger partial charge in [0.2, 0.25) is 0 Å². The Morgan fingerprint density at radius 3 is 2.71 bits per heavy atom. The number of thiazole rings is 1. The minimum Gasteiger partial charge on any atom is -0.349 e. The molecule has 0 aliphatic carbocycles. The van der Waals surface area contributed by atoms with Crippen molar-refractivity contribution in [3.8, 4) is 0 Å². The lowest BCUT2D eigenvalue weighted by molar-refractivity contribution is 0.101. The molecule has 0 aliphatic heterocycles. The highest BCUT2D eigenvalue weighted by Gasteiger charge is 2.12. The molecule has 0 fully saturated rings. The number of rotatable bonds is 5. The van der Waals surface area contributed by atoms with Gasteiger partial charge in [0.15, 0.2) is 10.9 Å². The molecule has 0 saturated carbocycles. The van der Waals surface area contributed by atoms with Gasteiger partial charge in [0, 0.05) is 18.5 Å². The molecule has 0 radical (unpaired) electrons. The molecule has 1 heterocycles. The van der Waals surface area contributed by atoms with E-state index in [0.29, 0.717) is 5.69 Å². The van der Waals surface area contributed by atoms with Gasteiger partial charge in [-0.25, -0.2) is 4.98 Å². The first-order valence-corrected chi connectivity index (χ1v) is 5.94. The Labute approximate surface area is 92.7 Å². The fraction of sp³-hybridized carbons (Fsp3) is 0.556. The number of halogens is 1. The van der Waals surface area contributed by atoms with E-state index in [1.807, 2.05) is 0 Å². The molecule has 0 N–H and O–H groups in total. The predicted molar refractivity (Wildman–Crippen MR) is 60.7 cm³/mol. The Morgan fingerprint density at radius 2 is 2.21 bits per heavy atom. The number of nitrogens with zero attached hydrogens (tertiary/aromatic N) is 2. The van der Waals surface area contributed by atoms with Crippen LogP contribution in [-0.2, 0) is 0 Å². The van der Waals surface area contributed by atoms with E-state index in [9.17, 15) is 4.79 Å². The zero-order chi connectivity index (χ0) is 10.6. The molecule has 0 saturated heterocycles. The molecule has 5 heteroatoms. The Morgan fingerprint density at radius 1 is 1.57 bits per heavy atom. The van der Waals surface area contributed by atoms with Crippen LogP contribution in [0.25, 0.3) is 0 Å². The van der Waals surface area contributed by atoms with Gasteiger partial charge in [-0.05, 0) is 13.8 Å². The third-order valence-electron chi connectivity index (χ3n) is 1.93. The van der Waals surface area contributed by atoms with Crippen molar-refractivity contribution in [2.24, 2.45) is 0 Å². The first kappa shape index (κ1) is 11.5. The smallest absolute Gasteiger partial charge is 0.196 e. The molecule has 0 amide bonds. The summed E-state index contributed by atoms with van der Waals surface area (Å²) in [5, 5.41) is 2.65. The minimum atomic E-state index is -0.110. The van der Waals surface area contributed by atoms with E-state index in [0.717, 1.165) is 18.2 Å². The van der Waals surface area contributed by atoms with Crippen LogP contribution in [0, 0.1) is 0 Å². The zero-order valence-electron chi connectivity index (χ0n) is 8.29. The fourth-order valence-corrected chi connectivity index (χ4v) is 2.20. The van der Waals surface area contributed by atoms with Crippen molar-refractivity contribution in [3.05, 3.63) is 11.1 Å². The summed E-state index contributed by atoms with van der Waals surface area (Å²) in [4.78, 5) is 17.6. The van der Waals surface area contributed by atoms with Crippen LogP contribution < -0.4 is 4.90 Å². The number of hydrogen-bond donors (Lipinski definition) is 0. The van der Waals surface area contributed by atoms with Crippen LogP contribution in [-0.4, -0.2) is 29.7 Å². The second-order valence-corrected chi connectivity index (χ2v) is 3.85. The normalized spacial score (nSPS) is 10.2. The fourth-order valence-electron chi connectivity index (χ4n) is 1.10. The van der Waals surface area contributed by atoms with E-state index in [1.54, 1.807) is 5.38 Å². The largest absolute Gasteiger partial charge is 0.349 e. The molecule has 0 bridgehead atoms. The molecule has 0 unspecified atom stereocenters. The van der Waals surface area contributed by atoms with E-state index in [2.05, 4.69) is 23.7 Å². The van der Waals surface area contributed by atoms with Crippen LogP contribution >= 0.6 is 22.9 Å². The van der Waals surface area contributed by atoms with Crippen molar-refractivity contribution in [2.45, 2.75) is 13.8 Å². The van der Waals surface area contributed by atoms with E-state index in [4.69, 9.17) is 11.6 Å². The Kier molecular flexibility index (Phi) is 4.35. The zero-order valence-corrected chi connectivity index (χ0v) is 9.86. The average molecular weight is 233 g/mol. The molecule has 0 atom stereocenters. The molecular weight excluding hydrogens is 220 g/mol. The van der Waals surface area contributed by atoms with Crippen LogP contribution in [0.2, 0.25) is 0 Å². The number of carbonyl (C=O) groups excluding carboxylic acids is 1. The molecule has 1 aromatic heterocycles. The van der Waals surface area contributed by atoms with E-state index in [1.165, 1.54) is 11.3 Å². The molecule has 3 nitrogen and oxygen atoms in total. The third kappa shape index (κ3) is 2.45. The van der Waals surface area contributed by atoms with Gasteiger partial charge < -0.3 is 4.90 Å². The molecule has 0 aliphatic rings. The second kappa shape index (κ2) is 5.32. The number of alkyl halides is 1. The van der Waals surface area contributed by atoms with E-state index >= 15 is 0 Å². The summed E-state index contributed by atoms with van der Waals surface area (Å²) in [6, 6.07) is 0. The highest BCUT2D eigenvalue weighted by molar-refractivity contribution is 7.14. The third-order valence-corrected chi connectivity index (χ3v) is 3.08. The van der Waals surface area contributed by atoms with Crippen molar-refractivity contribution in [3.63, 3.8) is 0 Å². The van der Waals surface area contributed by atoms with Gasteiger partial charge in [-0.15, -0.1) is 22.9 Å². The summed E-state index contributed by atoms with van der Waals surface area (Å²) >= 11 is 6.93. The van der Waals surface area contributed by atoms with Crippen LogP contribution in [0.5, 0.6) is 0 Å². The lowest BCUT2D eigenvalue weighted by Gasteiger charge is -2.16. The molecular formula is C9H13ClN2OS. The molecule has 78 valence electrons. The van der Waals surface area contributed by atoms with Gasteiger partial charge in [0.05, 0.1) is 5.88 Å². The molecule has 1 aromatic rings. The van der Waals surface area contributed by atoms with Crippen LogP contribution in [0.1, 0.15) is 24.3 Å². The quantitative estimate of drug-likeness (QED) is 0.578. The second-order valence-electron chi connectivity index (χ2n) is 2.74. The predicted octanol–water partition coefficient (Wildman–Crippen LogP) is 2.41. The van der Waals surface area contributed by atoms with Crippen LogP contribution in [0.4, 0.5) is 5.13 Å². The first-order valence-electron chi connectivity index (χ1n) is 4.52. The van der Waals surface area contributed by atoms with Gasteiger partial charge in [-0.2, -0.15) is 0 Å². The number of aromatic nitrogens is 1. The monoisotopic (exact) mass is 232 g/mol. The first-order chi connectivity index (χ1) is 6.72. The van der Waals surface area contributed by atoms with E-state index < -0.39 is 0 Å². The lowest BCUT2D eigenvalue weighted by atomic mass is 10.3. The van der Waals surface area contributed by atoms with Crippen molar-refractivity contribution >= 4 is 33.9 Å². The standard InChI is InChI=1S/C9H13ClN2OS/c1-3-12(4-2)9-11-7(6-14-9)8(13)5-10/h6H,3-5H2,1-2H3. The number of anilines is 1. The maximum absolute atomic E-state index is 11.2. The van der Waals surface area contributed by atoms with Gasteiger partial charge >= 0.3 is 0 Å². The summed E-state index contributed by atoms with van der Waals surface area (Å²) in [5.74, 6) is -0.108. The number of ketones is 1. The van der Waals surface area contributed by atoms with Gasteiger partial charge in [-0.1, -0.05) is 0 Å².